The van der Waals surface area contributed by atoms with E-state index in [0.717, 1.165) is 0 Å². The maximum atomic E-state index is 10.8. The fourth-order valence-corrected chi connectivity index (χ4v) is 1.21. The van der Waals surface area contributed by atoms with Crippen molar-refractivity contribution in [1.29, 1.82) is 0 Å². The second-order valence-corrected chi connectivity index (χ2v) is 3.00. The average Bonchev–Trinajstić information content (AvgIpc) is 2.34. The summed E-state index contributed by atoms with van der Waals surface area (Å²) >= 11 is 0. The maximum Gasteiger partial charge on any atom is 0.280 e. The lowest BCUT2D eigenvalue weighted by atomic mass is 10.1. The van der Waals surface area contributed by atoms with Gasteiger partial charge in [0, 0.05) is 11.5 Å². The molecule has 0 spiro atoms. The lowest BCUT2D eigenvalue weighted by Gasteiger charge is -2.01. The fourth-order valence-electron chi connectivity index (χ4n) is 1.21. The Morgan fingerprint density at radius 1 is 1.65 bits per heavy atom. The van der Waals surface area contributed by atoms with Gasteiger partial charge in [-0.3, -0.25) is 10.1 Å². The molecule has 0 radical (unpaired) electrons. The topological polar surface area (TPSA) is 101 Å². The Labute approximate surface area is 97.1 Å². The van der Waals surface area contributed by atoms with E-state index in [0.29, 0.717) is 11.3 Å². The Bertz CT molecular complexity index is 492. The second kappa shape index (κ2) is 6.14. The van der Waals surface area contributed by atoms with Crippen LogP contribution in [0.25, 0.3) is 16.5 Å². The van der Waals surface area contributed by atoms with Crippen LogP contribution in [0.1, 0.15) is 5.56 Å². The molecule has 7 heteroatoms. The smallest absolute Gasteiger partial charge is 0.280 e. The van der Waals surface area contributed by atoms with Gasteiger partial charge in [0.2, 0.25) is 0 Å². The third kappa shape index (κ3) is 3.51. The standard InChI is InChI=1S/C10H10N4O3/c1-17-9-5-4-8(3-2-6-12-13-11)10(7-9)14(15)16/h2-5,7H,6H2,1H3. The normalized spacial score (nSPS) is 9.94. The lowest BCUT2D eigenvalue weighted by Crippen LogP contribution is -1.93. The molecule has 1 rings (SSSR count). The van der Waals surface area contributed by atoms with Gasteiger partial charge in [-0.25, -0.2) is 0 Å². The Morgan fingerprint density at radius 2 is 2.41 bits per heavy atom. The molecule has 0 heterocycles. The molecule has 0 aliphatic heterocycles. The van der Waals surface area contributed by atoms with Gasteiger partial charge in [0.15, 0.2) is 0 Å². The minimum atomic E-state index is -0.490. The first kappa shape index (κ1) is 12.5. The third-order valence-corrected chi connectivity index (χ3v) is 1.98. The first-order chi connectivity index (χ1) is 8.19. The van der Waals surface area contributed by atoms with Crippen molar-refractivity contribution in [1.82, 2.24) is 0 Å². The molecule has 88 valence electrons. The molecule has 0 aromatic heterocycles. The lowest BCUT2D eigenvalue weighted by molar-refractivity contribution is -0.385. The van der Waals surface area contributed by atoms with Crippen molar-refractivity contribution in [3.05, 3.63) is 50.4 Å². The number of nitro groups is 1. The molecule has 1 aromatic rings. The van der Waals surface area contributed by atoms with Crippen LogP contribution in [0.15, 0.2) is 29.4 Å². The van der Waals surface area contributed by atoms with Crippen LogP contribution in [0.2, 0.25) is 0 Å². The number of nitrogens with zero attached hydrogens (tertiary/aromatic N) is 4. The highest BCUT2D eigenvalue weighted by Crippen LogP contribution is 2.25. The quantitative estimate of drug-likeness (QED) is 0.257. The molecular formula is C10H10N4O3. The van der Waals surface area contributed by atoms with E-state index < -0.39 is 4.92 Å². The SMILES string of the molecule is COc1ccc(C=CCN=[N+]=[N-])c([N+](=O)[O-])c1. The number of benzene rings is 1. The second-order valence-electron chi connectivity index (χ2n) is 3.00. The van der Waals surface area contributed by atoms with Crippen molar-refractivity contribution < 1.29 is 9.66 Å². The number of hydrogen-bond donors (Lipinski definition) is 0. The molecule has 0 N–H and O–H groups in total. The van der Waals surface area contributed by atoms with Crippen molar-refractivity contribution >= 4 is 11.8 Å². The van der Waals surface area contributed by atoms with Crippen molar-refractivity contribution in [2.75, 3.05) is 13.7 Å². The van der Waals surface area contributed by atoms with Gasteiger partial charge in [-0.2, -0.15) is 0 Å². The van der Waals surface area contributed by atoms with Crippen LogP contribution in [0.3, 0.4) is 0 Å². The molecule has 0 aliphatic carbocycles. The summed E-state index contributed by atoms with van der Waals surface area (Å²) in [6.45, 7) is 0.152. The van der Waals surface area contributed by atoms with E-state index in [1.165, 1.54) is 19.3 Å². The average molecular weight is 234 g/mol. The Kier molecular flexibility index (Phi) is 4.53. The minimum absolute atomic E-state index is 0.0541. The van der Waals surface area contributed by atoms with Gasteiger partial charge in [-0.1, -0.05) is 17.3 Å². The highest BCUT2D eigenvalue weighted by atomic mass is 16.6. The highest BCUT2D eigenvalue weighted by molar-refractivity contribution is 5.62. The zero-order valence-electron chi connectivity index (χ0n) is 9.11. The molecule has 0 unspecified atom stereocenters. The van der Waals surface area contributed by atoms with Gasteiger partial charge >= 0.3 is 0 Å². The zero-order valence-corrected chi connectivity index (χ0v) is 9.11. The molecule has 7 nitrogen and oxygen atoms in total. The number of hydrogen-bond acceptors (Lipinski definition) is 4. The van der Waals surface area contributed by atoms with Gasteiger partial charge in [0.1, 0.15) is 5.75 Å². The number of nitro benzene ring substituents is 1. The predicted octanol–water partition coefficient (Wildman–Crippen LogP) is 2.93. The fraction of sp³-hybridized carbons (Fsp3) is 0.200. The number of ether oxygens (including phenoxy) is 1. The zero-order chi connectivity index (χ0) is 12.7. The molecule has 0 fully saturated rings. The number of azide groups is 1. The van der Waals surface area contributed by atoms with Gasteiger partial charge in [-0.05, 0) is 17.7 Å². The van der Waals surface area contributed by atoms with Crippen molar-refractivity contribution in [2.45, 2.75) is 0 Å². The van der Waals surface area contributed by atoms with Crippen molar-refractivity contribution in [3.63, 3.8) is 0 Å². The van der Waals surface area contributed by atoms with Gasteiger partial charge in [0.05, 0.1) is 23.7 Å². The molecule has 0 saturated carbocycles. The van der Waals surface area contributed by atoms with Crippen LogP contribution in [0, 0.1) is 10.1 Å². The van der Waals surface area contributed by atoms with Crippen LogP contribution in [0.4, 0.5) is 5.69 Å². The number of rotatable bonds is 5. The first-order valence-corrected chi connectivity index (χ1v) is 4.69. The molecule has 0 atom stereocenters. The molecule has 0 saturated heterocycles. The monoisotopic (exact) mass is 234 g/mol. The van der Waals surface area contributed by atoms with E-state index in [-0.39, 0.29) is 12.2 Å². The Balaban J connectivity index is 3.02. The molecular weight excluding hydrogens is 224 g/mol. The van der Waals surface area contributed by atoms with Crippen molar-refractivity contribution in [3.8, 4) is 5.75 Å². The van der Waals surface area contributed by atoms with E-state index in [1.807, 2.05) is 0 Å². The van der Waals surface area contributed by atoms with Gasteiger partial charge in [0.25, 0.3) is 5.69 Å². The largest absolute Gasteiger partial charge is 0.497 e. The highest BCUT2D eigenvalue weighted by Gasteiger charge is 2.12. The maximum absolute atomic E-state index is 10.8. The number of methoxy groups -OCH3 is 1. The van der Waals surface area contributed by atoms with Gasteiger partial charge in [-0.15, -0.1) is 0 Å². The summed E-state index contributed by atoms with van der Waals surface area (Å²) in [5.41, 5.74) is 8.45. The van der Waals surface area contributed by atoms with Crippen LogP contribution >= 0.6 is 0 Å². The van der Waals surface area contributed by atoms with Crippen LogP contribution in [-0.4, -0.2) is 18.6 Å². The van der Waals surface area contributed by atoms with Crippen LogP contribution in [-0.2, 0) is 0 Å². The first-order valence-electron chi connectivity index (χ1n) is 4.69. The molecule has 1 aromatic carbocycles. The van der Waals surface area contributed by atoms with E-state index in [2.05, 4.69) is 10.0 Å². The Morgan fingerprint density at radius 3 is 3.00 bits per heavy atom. The summed E-state index contributed by atoms with van der Waals surface area (Å²) in [6.07, 6.45) is 3.08. The summed E-state index contributed by atoms with van der Waals surface area (Å²) in [5.74, 6) is 0.420. The molecule has 0 amide bonds. The van der Waals surface area contributed by atoms with E-state index in [9.17, 15) is 10.1 Å². The molecule has 0 bridgehead atoms. The van der Waals surface area contributed by atoms with E-state index >= 15 is 0 Å². The van der Waals surface area contributed by atoms with Crippen LogP contribution in [0.5, 0.6) is 5.75 Å². The summed E-state index contributed by atoms with van der Waals surface area (Å²) in [4.78, 5) is 12.9. The van der Waals surface area contributed by atoms with Gasteiger partial charge < -0.3 is 4.74 Å². The molecule has 0 aliphatic rings. The van der Waals surface area contributed by atoms with Crippen LogP contribution < -0.4 is 4.74 Å². The van der Waals surface area contributed by atoms with E-state index in [4.69, 9.17) is 10.3 Å². The summed E-state index contributed by atoms with van der Waals surface area (Å²) in [6, 6.07) is 4.54. The Hall–Kier alpha value is -2.53. The summed E-state index contributed by atoms with van der Waals surface area (Å²) < 4.78 is 4.91. The third-order valence-electron chi connectivity index (χ3n) is 1.98. The predicted molar refractivity (Wildman–Crippen MR) is 62.7 cm³/mol. The summed E-state index contributed by atoms with van der Waals surface area (Å²) in [5, 5.41) is 14.1. The summed E-state index contributed by atoms with van der Waals surface area (Å²) in [7, 11) is 1.44. The minimum Gasteiger partial charge on any atom is -0.497 e. The molecule has 17 heavy (non-hydrogen) atoms. The van der Waals surface area contributed by atoms with E-state index in [1.54, 1.807) is 18.2 Å². The van der Waals surface area contributed by atoms with Crippen molar-refractivity contribution in [2.24, 2.45) is 5.11 Å².